The van der Waals surface area contributed by atoms with Crippen LogP contribution in [0.5, 0.6) is 5.75 Å². The molecular formula is C18H16F3N3O3S. The molecule has 6 nitrogen and oxygen atoms in total. The van der Waals surface area contributed by atoms with Gasteiger partial charge in [0.15, 0.2) is 6.61 Å². The number of nitrogens with zero attached hydrogens (tertiary/aromatic N) is 3. The fraction of sp³-hybridized carbons (Fsp3) is 0.278. The van der Waals surface area contributed by atoms with Crippen molar-refractivity contribution in [1.29, 1.82) is 0 Å². The number of rotatable bonds is 7. The highest BCUT2D eigenvalue weighted by Gasteiger charge is 2.28. The largest absolute Gasteiger partial charge is 0.484 e. The Labute approximate surface area is 162 Å². The molecule has 0 unspecified atom stereocenters. The molecule has 0 atom stereocenters. The molecular weight excluding hydrogens is 395 g/mol. The van der Waals surface area contributed by atoms with Crippen molar-refractivity contribution in [1.82, 2.24) is 14.8 Å². The van der Waals surface area contributed by atoms with Crippen LogP contribution in [-0.2, 0) is 11.3 Å². The summed E-state index contributed by atoms with van der Waals surface area (Å²) in [7, 11) is 0. The molecule has 0 aliphatic carbocycles. The van der Waals surface area contributed by atoms with E-state index in [1.807, 2.05) is 0 Å². The molecule has 0 amide bonds. The topological polar surface area (TPSA) is 66.2 Å². The minimum Gasteiger partial charge on any atom is -0.484 e. The van der Waals surface area contributed by atoms with Crippen LogP contribution in [0, 0.1) is 0 Å². The summed E-state index contributed by atoms with van der Waals surface area (Å²) in [6.45, 7) is 1.02. The fourth-order valence-corrected chi connectivity index (χ4v) is 3.13. The smallest absolute Gasteiger partial charge is 0.422 e. The van der Waals surface area contributed by atoms with E-state index in [0.29, 0.717) is 23.4 Å². The number of benzene rings is 1. The first kappa shape index (κ1) is 19.9. The van der Waals surface area contributed by atoms with Crippen molar-refractivity contribution in [2.24, 2.45) is 0 Å². The molecule has 0 spiro atoms. The van der Waals surface area contributed by atoms with E-state index < -0.39 is 18.8 Å². The highest BCUT2D eigenvalue weighted by molar-refractivity contribution is 7.09. The Kier molecular flexibility index (Phi) is 5.98. The molecule has 2 heterocycles. The number of hydrogen-bond donors (Lipinski definition) is 0. The van der Waals surface area contributed by atoms with Crippen LogP contribution >= 0.6 is 11.3 Å². The summed E-state index contributed by atoms with van der Waals surface area (Å²) < 4.78 is 48.1. The molecule has 0 radical (unpaired) electrons. The van der Waals surface area contributed by atoms with Crippen molar-refractivity contribution < 1.29 is 27.4 Å². The molecule has 0 bridgehead atoms. The number of halogens is 3. The first-order chi connectivity index (χ1) is 13.3. The Morgan fingerprint density at radius 3 is 2.89 bits per heavy atom. The zero-order chi connectivity index (χ0) is 20.1. The van der Waals surface area contributed by atoms with Crippen LogP contribution in [0.25, 0.3) is 11.3 Å². The van der Waals surface area contributed by atoms with E-state index in [0.717, 1.165) is 5.01 Å². The Hall–Kier alpha value is -2.88. The van der Waals surface area contributed by atoms with Crippen LogP contribution in [0.1, 0.15) is 22.3 Å². The lowest BCUT2D eigenvalue weighted by Gasteiger charge is -2.09. The fourth-order valence-electron chi connectivity index (χ4n) is 2.33. The first-order valence-electron chi connectivity index (χ1n) is 8.28. The van der Waals surface area contributed by atoms with Crippen molar-refractivity contribution in [2.45, 2.75) is 19.6 Å². The molecule has 0 saturated carbocycles. The van der Waals surface area contributed by atoms with Gasteiger partial charge in [-0.2, -0.15) is 18.3 Å². The van der Waals surface area contributed by atoms with E-state index in [1.165, 1.54) is 29.7 Å². The van der Waals surface area contributed by atoms with Crippen molar-refractivity contribution in [3.8, 4) is 17.0 Å². The third kappa shape index (κ3) is 5.32. The molecule has 0 fully saturated rings. The summed E-state index contributed by atoms with van der Waals surface area (Å²) in [6.07, 6.45) is -1.39. The monoisotopic (exact) mass is 411 g/mol. The Balaban J connectivity index is 1.68. The third-order valence-corrected chi connectivity index (χ3v) is 4.36. The summed E-state index contributed by atoms with van der Waals surface area (Å²) in [6, 6.07) is 6.33. The zero-order valence-corrected chi connectivity index (χ0v) is 15.6. The predicted octanol–water partition coefficient (Wildman–Crippen LogP) is 4.17. The second kappa shape index (κ2) is 8.42. The van der Waals surface area contributed by atoms with Crippen LogP contribution in [0.3, 0.4) is 0 Å². The quantitative estimate of drug-likeness (QED) is 0.546. The van der Waals surface area contributed by atoms with E-state index in [2.05, 4.69) is 10.1 Å². The van der Waals surface area contributed by atoms with Gasteiger partial charge < -0.3 is 9.47 Å². The SMILES string of the molecule is CCOC(=O)c1cnn(Cc2nc(-c3cccc(OCC(F)(F)F)c3)cs2)c1. The van der Waals surface area contributed by atoms with E-state index in [9.17, 15) is 18.0 Å². The van der Waals surface area contributed by atoms with E-state index in [1.54, 1.807) is 35.3 Å². The molecule has 0 saturated heterocycles. The lowest BCUT2D eigenvalue weighted by molar-refractivity contribution is -0.153. The van der Waals surface area contributed by atoms with E-state index in [-0.39, 0.29) is 12.4 Å². The normalized spacial score (nSPS) is 11.4. The Morgan fingerprint density at radius 2 is 2.14 bits per heavy atom. The number of carbonyl (C=O) groups is 1. The van der Waals surface area contributed by atoms with Gasteiger partial charge in [0.05, 0.1) is 30.6 Å². The number of ether oxygens (including phenoxy) is 2. The number of hydrogen-bond acceptors (Lipinski definition) is 6. The van der Waals surface area contributed by atoms with Crippen LogP contribution in [0.4, 0.5) is 13.2 Å². The van der Waals surface area contributed by atoms with Gasteiger partial charge in [0, 0.05) is 17.1 Å². The van der Waals surface area contributed by atoms with E-state index >= 15 is 0 Å². The number of alkyl halides is 3. The van der Waals surface area contributed by atoms with Crippen LogP contribution < -0.4 is 4.74 Å². The molecule has 2 aromatic heterocycles. The average molecular weight is 411 g/mol. The van der Waals surface area contributed by atoms with Crippen LogP contribution in [0.15, 0.2) is 42.0 Å². The van der Waals surface area contributed by atoms with Crippen molar-refractivity contribution >= 4 is 17.3 Å². The second-order valence-electron chi connectivity index (χ2n) is 5.71. The summed E-state index contributed by atoms with van der Waals surface area (Å²) >= 11 is 1.38. The molecule has 0 aliphatic heterocycles. The molecule has 3 rings (SSSR count). The minimum atomic E-state index is -4.39. The average Bonchev–Trinajstić information content (AvgIpc) is 3.30. The van der Waals surface area contributed by atoms with E-state index in [4.69, 9.17) is 9.47 Å². The highest BCUT2D eigenvalue weighted by atomic mass is 32.1. The highest BCUT2D eigenvalue weighted by Crippen LogP contribution is 2.27. The molecule has 148 valence electrons. The van der Waals surface area contributed by atoms with Crippen molar-refractivity contribution in [3.05, 3.63) is 52.6 Å². The summed E-state index contributed by atoms with van der Waals surface area (Å²) in [4.78, 5) is 16.2. The van der Waals surface area contributed by atoms with Gasteiger partial charge in [0.25, 0.3) is 0 Å². The second-order valence-corrected chi connectivity index (χ2v) is 6.65. The Bertz CT molecular complexity index is 953. The van der Waals surface area contributed by atoms with Gasteiger partial charge in [0.1, 0.15) is 10.8 Å². The molecule has 3 aromatic rings. The van der Waals surface area contributed by atoms with Crippen molar-refractivity contribution in [2.75, 3.05) is 13.2 Å². The molecule has 0 aliphatic rings. The maximum Gasteiger partial charge on any atom is 0.422 e. The van der Waals surface area contributed by atoms with Gasteiger partial charge in [0.2, 0.25) is 0 Å². The minimum absolute atomic E-state index is 0.121. The molecule has 28 heavy (non-hydrogen) atoms. The lowest BCUT2D eigenvalue weighted by Crippen LogP contribution is -2.19. The maximum absolute atomic E-state index is 12.3. The first-order valence-corrected chi connectivity index (χ1v) is 9.16. The number of thiazole rings is 1. The zero-order valence-electron chi connectivity index (χ0n) is 14.8. The third-order valence-electron chi connectivity index (χ3n) is 3.53. The molecule has 10 heteroatoms. The Morgan fingerprint density at radius 1 is 1.32 bits per heavy atom. The van der Waals surface area contributed by atoms with Gasteiger partial charge in [-0.15, -0.1) is 11.3 Å². The van der Waals surface area contributed by atoms with Gasteiger partial charge in [-0.3, -0.25) is 4.68 Å². The summed E-state index contributed by atoms with van der Waals surface area (Å²) in [5, 5.41) is 6.65. The molecule has 1 aromatic carbocycles. The summed E-state index contributed by atoms with van der Waals surface area (Å²) in [5.41, 5.74) is 1.62. The van der Waals surface area contributed by atoms with Gasteiger partial charge in [-0.05, 0) is 19.1 Å². The molecule has 0 N–H and O–H groups in total. The number of carbonyl (C=O) groups excluding carboxylic acids is 1. The van der Waals surface area contributed by atoms with Crippen LogP contribution in [-0.4, -0.2) is 40.1 Å². The summed E-state index contributed by atoms with van der Waals surface area (Å²) in [5.74, 6) is -0.320. The predicted molar refractivity (Wildman–Crippen MR) is 96.4 cm³/mol. The van der Waals surface area contributed by atoms with Crippen molar-refractivity contribution in [3.63, 3.8) is 0 Å². The standard InChI is InChI=1S/C18H16F3N3O3S/c1-2-26-17(25)13-7-22-24(8-13)9-16-23-15(10-28-16)12-4-3-5-14(6-12)27-11-18(19,20)21/h3-8,10H,2,9,11H2,1H3. The number of aromatic nitrogens is 3. The van der Waals surface area contributed by atoms with Crippen LogP contribution in [0.2, 0.25) is 0 Å². The maximum atomic E-state index is 12.3. The van der Waals surface area contributed by atoms with Gasteiger partial charge in [-0.25, -0.2) is 9.78 Å². The lowest BCUT2D eigenvalue weighted by atomic mass is 10.2. The van der Waals surface area contributed by atoms with Gasteiger partial charge >= 0.3 is 12.1 Å². The number of esters is 1. The van der Waals surface area contributed by atoms with Gasteiger partial charge in [-0.1, -0.05) is 12.1 Å².